The molecular formula is C10H25NSi. The normalized spacial score (nSPS) is 10.8. The van der Waals surface area contributed by atoms with Gasteiger partial charge in [-0.2, -0.15) is 0 Å². The van der Waals surface area contributed by atoms with E-state index in [2.05, 4.69) is 11.9 Å². The molecule has 0 aliphatic rings. The molecule has 0 aliphatic heterocycles. The van der Waals surface area contributed by atoms with Gasteiger partial charge < -0.3 is 4.98 Å². The number of hydrogen-bond donors (Lipinski definition) is 1. The van der Waals surface area contributed by atoms with Crippen molar-refractivity contribution in [2.45, 2.75) is 58.3 Å². The summed E-state index contributed by atoms with van der Waals surface area (Å²) in [7, 11) is 1.16. The summed E-state index contributed by atoms with van der Waals surface area (Å²) < 4.78 is 0. The standard InChI is InChI=1S/C10H25NSi/c1-2-3-4-5-6-7-8-9-10-11-12/h11H,2-10H2,1,12H3. The molecule has 0 saturated carbocycles. The lowest BCUT2D eigenvalue weighted by Gasteiger charge is -2.00. The Bertz CT molecular complexity index is 66.2. The highest BCUT2D eigenvalue weighted by Crippen LogP contribution is 2.07. The molecule has 0 amide bonds. The average molecular weight is 187 g/mol. The zero-order valence-corrected chi connectivity index (χ0v) is 10.9. The van der Waals surface area contributed by atoms with Gasteiger partial charge in [-0.3, -0.25) is 0 Å². The molecule has 0 fully saturated rings. The van der Waals surface area contributed by atoms with Crippen molar-refractivity contribution < 1.29 is 0 Å². The number of nitrogens with one attached hydrogen (secondary N) is 1. The van der Waals surface area contributed by atoms with E-state index < -0.39 is 0 Å². The van der Waals surface area contributed by atoms with Crippen molar-refractivity contribution in [3.63, 3.8) is 0 Å². The molecule has 0 spiro atoms. The molecule has 1 N–H and O–H groups in total. The highest BCUT2D eigenvalue weighted by Gasteiger charge is 1.89. The molecule has 1 nitrogen and oxygen atoms in total. The van der Waals surface area contributed by atoms with Gasteiger partial charge in [0.25, 0.3) is 0 Å². The van der Waals surface area contributed by atoms with Crippen LogP contribution in [0.2, 0.25) is 0 Å². The van der Waals surface area contributed by atoms with Crippen LogP contribution in [0.4, 0.5) is 0 Å². The predicted molar refractivity (Wildman–Crippen MR) is 60.6 cm³/mol. The van der Waals surface area contributed by atoms with Crippen LogP contribution in [0.25, 0.3) is 0 Å². The third-order valence-corrected chi connectivity index (χ3v) is 2.78. The average Bonchev–Trinajstić information content (AvgIpc) is 2.10. The van der Waals surface area contributed by atoms with Crippen LogP contribution in [-0.4, -0.2) is 16.9 Å². The fraction of sp³-hybridized carbons (Fsp3) is 1.00. The fourth-order valence-electron chi connectivity index (χ4n) is 1.44. The first-order chi connectivity index (χ1) is 5.91. The maximum Gasteiger partial charge on any atom is 0.0749 e. The maximum atomic E-state index is 3.32. The second-order valence-electron chi connectivity index (χ2n) is 3.58. The van der Waals surface area contributed by atoms with Gasteiger partial charge in [0.2, 0.25) is 0 Å². The summed E-state index contributed by atoms with van der Waals surface area (Å²) in [6, 6.07) is 0. The summed E-state index contributed by atoms with van der Waals surface area (Å²) in [4.78, 5) is 3.32. The van der Waals surface area contributed by atoms with E-state index in [1.54, 1.807) is 0 Å². The van der Waals surface area contributed by atoms with Crippen molar-refractivity contribution in [2.75, 3.05) is 6.54 Å². The van der Waals surface area contributed by atoms with E-state index in [1.165, 1.54) is 57.9 Å². The van der Waals surface area contributed by atoms with Crippen molar-refractivity contribution in [2.24, 2.45) is 0 Å². The van der Waals surface area contributed by atoms with Crippen LogP contribution < -0.4 is 4.98 Å². The summed E-state index contributed by atoms with van der Waals surface area (Å²) in [6.07, 6.45) is 11.4. The minimum Gasteiger partial charge on any atom is -0.345 e. The Morgan fingerprint density at radius 1 is 0.833 bits per heavy atom. The lowest BCUT2D eigenvalue weighted by atomic mass is 10.1. The van der Waals surface area contributed by atoms with Gasteiger partial charge in [-0.25, -0.2) is 0 Å². The third kappa shape index (κ3) is 10.2. The second-order valence-corrected chi connectivity index (χ2v) is 4.29. The fourth-order valence-corrected chi connectivity index (χ4v) is 1.79. The molecule has 0 saturated heterocycles. The number of hydrogen-bond acceptors (Lipinski definition) is 1. The van der Waals surface area contributed by atoms with E-state index in [0.29, 0.717) is 0 Å². The van der Waals surface area contributed by atoms with E-state index in [0.717, 1.165) is 10.4 Å². The molecule has 0 aliphatic carbocycles. The number of rotatable bonds is 9. The van der Waals surface area contributed by atoms with Crippen molar-refractivity contribution in [1.29, 1.82) is 0 Å². The van der Waals surface area contributed by atoms with Gasteiger partial charge in [0.1, 0.15) is 0 Å². The molecule has 0 aromatic carbocycles. The van der Waals surface area contributed by atoms with Crippen LogP contribution >= 0.6 is 0 Å². The molecule has 0 radical (unpaired) electrons. The van der Waals surface area contributed by atoms with Crippen LogP contribution in [0.5, 0.6) is 0 Å². The van der Waals surface area contributed by atoms with Crippen LogP contribution in [0, 0.1) is 0 Å². The molecule has 74 valence electrons. The highest BCUT2D eigenvalue weighted by atomic mass is 28.2. The smallest absolute Gasteiger partial charge is 0.0749 e. The van der Waals surface area contributed by atoms with Crippen LogP contribution in [0.3, 0.4) is 0 Å². The predicted octanol–water partition coefficient (Wildman–Crippen LogP) is 2.00. The van der Waals surface area contributed by atoms with Crippen molar-refractivity contribution in [3.05, 3.63) is 0 Å². The Balaban J connectivity index is 2.73. The zero-order valence-electron chi connectivity index (χ0n) is 8.86. The molecule has 2 heteroatoms. The van der Waals surface area contributed by atoms with Gasteiger partial charge in [-0.1, -0.05) is 51.9 Å². The van der Waals surface area contributed by atoms with E-state index in [1.807, 2.05) is 0 Å². The molecule has 0 aromatic heterocycles. The van der Waals surface area contributed by atoms with Gasteiger partial charge in [0, 0.05) is 0 Å². The Morgan fingerprint density at radius 2 is 1.33 bits per heavy atom. The first kappa shape index (κ1) is 12.2. The lowest BCUT2D eigenvalue weighted by Crippen LogP contribution is -2.09. The van der Waals surface area contributed by atoms with E-state index >= 15 is 0 Å². The molecule has 0 atom stereocenters. The zero-order chi connectivity index (χ0) is 9.07. The topological polar surface area (TPSA) is 12.0 Å². The first-order valence-electron chi connectivity index (χ1n) is 5.56. The van der Waals surface area contributed by atoms with Crippen molar-refractivity contribution in [3.8, 4) is 0 Å². The lowest BCUT2D eigenvalue weighted by molar-refractivity contribution is 0.574. The molecule has 0 aromatic rings. The van der Waals surface area contributed by atoms with Crippen LogP contribution in [0.1, 0.15) is 58.3 Å². The van der Waals surface area contributed by atoms with E-state index in [-0.39, 0.29) is 0 Å². The van der Waals surface area contributed by atoms with Crippen LogP contribution in [-0.2, 0) is 0 Å². The summed E-state index contributed by atoms with van der Waals surface area (Å²) in [6.45, 7) is 3.53. The molecule has 12 heavy (non-hydrogen) atoms. The third-order valence-electron chi connectivity index (χ3n) is 2.28. The second kappa shape index (κ2) is 11.2. The van der Waals surface area contributed by atoms with Crippen LogP contribution in [0.15, 0.2) is 0 Å². The van der Waals surface area contributed by atoms with E-state index in [4.69, 9.17) is 0 Å². The van der Waals surface area contributed by atoms with Crippen molar-refractivity contribution >= 4 is 10.4 Å². The molecule has 0 rings (SSSR count). The molecular weight excluding hydrogens is 162 g/mol. The Labute approximate surface area is 80.8 Å². The van der Waals surface area contributed by atoms with Gasteiger partial charge in [0.05, 0.1) is 10.4 Å². The Hall–Kier alpha value is 0.177. The van der Waals surface area contributed by atoms with E-state index in [9.17, 15) is 0 Å². The summed E-state index contributed by atoms with van der Waals surface area (Å²) in [5.41, 5.74) is 0. The first-order valence-corrected chi connectivity index (χ1v) is 6.56. The molecule has 0 unspecified atom stereocenters. The summed E-state index contributed by atoms with van der Waals surface area (Å²) in [5.74, 6) is 0. The summed E-state index contributed by atoms with van der Waals surface area (Å²) >= 11 is 0. The van der Waals surface area contributed by atoms with Gasteiger partial charge in [0.15, 0.2) is 0 Å². The summed E-state index contributed by atoms with van der Waals surface area (Å²) in [5, 5.41) is 0. The SMILES string of the molecule is CCCCCCCCCCN[SiH3]. The minimum atomic E-state index is 1.16. The Kier molecular flexibility index (Phi) is 11.3. The monoisotopic (exact) mass is 187 g/mol. The van der Waals surface area contributed by atoms with Gasteiger partial charge in [-0.05, 0) is 13.0 Å². The maximum absolute atomic E-state index is 3.32. The highest BCUT2D eigenvalue weighted by molar-refractivity contribution is 6.04. The largest absolute Gasteiger partial charge is 0.345 e. The molecule has 0 heterocycles. The quantitative estimate of drug-likeness (QED) is 0.430. The van der Waals surface area contributed by atoms with Gasteiger partial charge in [-0.15, -0.1) is 0 Å². The Morgan fingerprint density at radius 3 is 1.83 bits per heavy atom. The minimum absolute atomic E-state index is 1.16. The molecule has 0 bridgehead atoms. The van der Waals surface area contributed by atoms with Crippen molar-refractivity contribution in [1.82, 2.24) is 4.98 Å². The van der Waals surface area contributed by atoms with Gasteiger partial charge >= 0.3 is 0 Å². The number of unbranched alkanes of at least 4 members (excludes halogenated alkanes) is 7.